The molecule has 2 atom stereocenters. The summed E-state index contributed by atoms with van der Waals surface area (Å²) in [6.45, 7) is 3.91. The molecule has 1 aromatic rings. The van der Waals surface area contributed by atoms with Gasteiger partial charge in [-0.15, -0.1) is 0 Å². The molecular formula is C14H21N3O2. The van der Waals surface area contributed by atoms with Crippen molar-refractivity contribution >= 4 is 11.6 Å². The molecule has 1 saturated heterocycles. The number of nitrogens with two attached hydrogens (primary N) is 1. The van der Waals surface area contributed by atoms with Gasteiger partial charge < -0.3 is 20.7 Å². The monoisotopic (exact) mass is 263 g/mol. The third-order valence-electron chi connectivity index (χ3n) is 3.42. The van der Waals surface area contributed by atoms with Crippen molar-refractivity contribution in [2.24, 2.45) is 11.7 Å². The average molecular weight is 263 g/mol. The van der Waals surface area contributed by atoms with Crippen molar-refractivity contribution in [3.63, 3.8) is 0 Å². The number of nitrogens with one attached hydrogen (secondary N) is 1. The van der Waals surface area contributed by atoms with E-state index in [0.717, 1.165) is 18.0 Å². The highest BCUT2D eigenvalue weighted by atomic mass is 16.5. The van der Waals surface area contributed by atoms with E-state index in [2.05, 4.69) is 17.1 Å². The minimum absolute atomic E-state index is 0.00494. The molecule has 5 heteroatoms. The Morgan fingerprint density at radius 3 is 3.00 bits per heavy atom. The lowest BCUT2D eigenvalue weighted by Gasteiger charge is -2.30. The van der Waals surface area contributed by atoms with Crippen molar-refractivity contribution in [2.45, 2.75) is 13.0 Å². The lowest BCUT2D eigenvalue weighted by atomic mass is 10.1. The van der Waals surface area contributed by atoms with Crippen molar-refractivity contribution in [1.29, 1.82) is 0 Å². The third-order valence-corrected chi connectivity index (χ3v) is 3.42. The molecule has 2 unspecified atom stereocenters. The maximum absolute atomic E-state index is 12.1. The van der Waals surface area contributed by atoms with Gasteiger partial charge in [0.15, 0.2) is 0 Å². The zero-order valence-electron chi connectivity index (χ0n) is 11.4. The molecule has 0 aliphatic carbocycles. The van der Waals surface area contributed by atoms with Gasteiger partial charge in [0.25, 0.3) is 0 Å². The Labute approximate surface area is 113 Å². The van der Waals surface area contributed by atoms with Crippen LogP contribution < -0.4 is 20.7 Å². The number of anilines is 1. The number of amides is 1. The predicted molar refractivity (Wildman–Crippen MR) is 75.4 cm³/mol. The Morgan fingerprint density at radius 2 is 2.32 bits per heavy atom. The molecule has 1 aliphatic heterocycles. The molecule has 2 rings (SSSR count). The van der Waals surface area contributed by atoms with Crippen LogP contribution in [0.5, 0.6) is 5.75 Å². The number of carbonyl (C=O) groups is 1. The normalized spacial score (nSPS) is 23.7. The van der Waals surface area contributed by atoms with Gasteiger partial charge in [0.1, 0.15) is 11.8 Å². The molecule has 1 amide bonds. The van der Waals surface area contributed by atoms with Gasteiger partial charge in [-0.1, -0.05) is 13.0 Å². The van der Waals surface area contributed by atoms with Crippen molar-refractivity contribution in [3.05, 3.63) is 24.3 Å². The first kappa shape index (κ1) is 13.7. The Hall–Kier alpha value is -1.75. The van der Waals surface area contributed by atoms with E-state index in [1.807, 2.05) is 24.3 Å². The molecule has 0 spiro atoms. The van der Waals surface area contributed by atoms with E-state index in [4.69, 9.17) is 10.5 Å². The highest BCUT2D eigenvalue weighted by molar-refractivity contribution is 5.86. The Morgan fingerprint density at radius 1 is 1.53 bits per heavy atom. The van der Waals surface area contributed by atoms with E-state index in [-0.39, 0.29) is 11.9 Å². The molecule has 5 nitrogen and oxygen atoms in total. The van der Waals surface area contributed by atoms with E-state index in [1.54, 1.807) is 7.11 Å². The maximum Gasteiger partial charge on any atom is 0.244 e. The second-order valence-electron chi connectivity index (χ2n) is 4.96. The number of ether oxygens (including phenoxy) is 1. The zero-order chi connectivity index (χ0) is 13.8. The first-order chi connectivity index (χ1) is 9.15. The molecule has 1 aliphatic rings. The molecule has 0 radical (unpaired) electrons. The molecular weight excluding hydrogens is 242 g/mol. The smallest absolute Gasteiger partial charge is 0.244 e. The number of rotatable bonds is 3. The topological polar surface area (TPSA) is 67.6 Å². The molecule has 3 N–H and O–H groups in total. The van der Waals surface area contributed by atoms with Crippen LogP contribution in [0, 0.1) is 5.92 Å². The van der Waals surface area contributed by atoms with Gasteiger partial charge in [0.05, 0.1) is 7.11 Å². The van der Waals surface area contributed by atoms with Crippen LogP contribution in [-0.2, 0) is 4.79 Å². The van der Waals surface area contributed by atoms with Crippen LogP contribution in [0.25, 0.3) is 0 Å². The maximum atomic E-state index is 12.1. The van der Waals surface area contributed by atoms with Gasteiger partial charge in [-0.05, 0) is 18.1 Å². The summed E-state index contributed by atoms with van der Waals surface area (Å²) in [5.74, 6) is 1.16. The summed E-state index contributed by atoms with van der Waals surface area (Å²) in [6.07, 6.45) is 0. The average Bonchev–Trinajstić information content (AvgIpc) is 2.58. The summed E-state index contributed by atoms with van der Waals surface area (Å²) in [5, 5.41) is 2.93. The second kappa shape index (κ2) is 5.93. The lowest BCUT2D eigenvalue weighted by molar-refractivity contribution is -0.121. The fourth-order valence-corrected chi connectivity index (χ4v) is 2.37. The van der Waals surface area contributed by atoms with Crippen molar-refractivity contribution in [1.82, 2.24) is 5.32 Å². The lowest BCUT2D eigenvalue weighted by Crippen LogP contribution is -2.49. The van der Waals surface area contributed by atoms with Gasteiger partial charge in [-0.2, -0.15) is 0 Å². The van der Waals surface area contributed by atoms with E-state index < -0.39 is 0 Å². The fraction of sp³-hybridized carbons (Fsp3) is 0.500. The van der Waals surface area contributed by atoms with Crippen molar-refractivity contribution in [2.75, 3.05) is 31.6 Å². The third kappa shape index (κ3) is 2.98. The molecule has 19 heavy (non-hydrogen) atoms. The summed E-state index contributed by atoms with van der Waals surface area (Å²) in [6, 6.07) is 7.42. The summed E-state index contributed by atoms with van der Waals surface area (Å²) in [4.78, 5) is 14.1. The van der Waals surface area contributed by atoms with Crippen molar-refractivity contribution in [3.8, 4) is 5.75 Å². The summed E-state index contributed by atoms with van der Waals surface area (Å²) < 4.78 is 5.24. The molecule has 1 aromatic carbocycles. The predicted octanol–water partition coefficient (Wildman–Crippen LogP) is 0.595. The standard InChI is InChI=1S/C14H21N3O2/c1-10-8-16-14(18)13(7-15)17(9-10)11-4-3-5-12(6-11)19-2/h3-6,10,13H,7-9,15H2,1-2H3,(H,16,18). The molecule has 1 heterocycles. The van der Waals surface area contributed by atoms with Crippen LogP contribution in [0.3, 0.4) is 0 Å². The SMILES string of the molecule is COc1cccc(N2CC(C)CNC(=O)C2CN)c1. The Bertz CT molecular complexity index is 450. The van der Waals surface area contributed by atoms with Gasteiger partial charge >= 0.3 is 0 Å². The molecule has 1 fully saturated rings. The number of hydrogen-bond acceptors (Lipinski definition) is 4. The quantitative estimate of drug-likeness (QED) is 0.838. The van der Waals surface area contributed by atoms with Crippen LogP contribution in [0.1, 0.15) is 6.92 Å². The highest BCUT2D eigenvalue weighted by Gasteiger charge is 2.29. The number of benzene rings is 1. The number of carbonyl (C=O) groups excluding carboxylic acids is 1. The molecule has 0 saturated carbocycles. The van der Waals surface area contributed by atoms with Crippen LogP contribution in [0.2, 0.25) is 0 Å². The Kier molecular flexibility index (Phi) is 4.27. The summed E-state index contributed by atoms with van der Waals surface area (Å²) in [7, 11) is 1.64. The minimum atomic E-state index is -0.322. The van der Waals surface area contributed by atoms with E-state index in [0.29, 0.717) is 19.0 Å². The first-order valence-corrected chi connectivity index (χ1v) is 6.54. The number of methoxy groups -OCH3 is 1. The zero-order valence-corrected chi connectivity index (χ0v) is 11.4. The first-order valence-electron chi connectivity index (χ1n) is 6.54. The van der Waals surface area contributed by atoms with Crippen LogP contribution in [0.4, 0.5) is 5.69 Å². The van der Waals surface area contributed by atoms with Gasteiger partial charge in [0.2, 0.25) is 5.91 Å². The highest BCUT2D eigenvalue weighted by Crippen LogP contribution is 2.24. The summed E-state index contributed by atoms with van der Waals surface area (Å²) >= 11 is 0. The van der Waals surface area contributed by atoms with E-state index >= 15 is 0 Å². The molecule has 0 bridgehead atoms. The Balaban J connectivity index is 2.33. The van der Waals surface area contributed by atoms with E-state index in [1.165, 1.54) is 0 Å². The number of hydrogen-bond donors (Lipinski definition) is 2. The van der Waals surface area contributed by atoms with Crippen LogP contribution in [-0.4, -0.2) is 38.7 Å². The number of nitrogens with zero attached hydrogens (tertiary/aromatic N) is 1. The van der Waals surface area contributed by atoms with Crippen LogP contribution >= 0.6 is 0 Å². The van der Waals surface area contributed by atoms with E-state index in [9.17, 15) is 4.79 Å². The van der Waals surface area contributed by atoms with Gasteiger partial charge in [0, 0.05) is 31.4 Å². The molecule has 104 valence electrons. The van der Waals surface area contributed by atoms with Gasteiger partial charge in [-0.3, -0.25) is 4.79 Å². The fourth-order valence-electron chi connectivity index (χ4n) is 2.37. The van der Waals surface area contributed by atoms with Crippen molar-refractivity contribution < 1.29 is 9.53 Å². The van der Waals surface area contributed by atoms with Crippen LogP contribution in [0.15, 0.2) is 24.3 Å². The minimum Gasteiger partial charge on any atom is -0.497 e. The molecule has 0 aromatic heterocycles. The summed E-state index contributed by atoms with van der Waals surface area (Å²) in [5.41, 5.74) is 6.74. The largest absolute Gasteiger partial charge is 0.497 e. The van der Waals surface area contributed by atoms with Gasteiger partial charge in [-0.25, -0.2) is 0 Å². The second-order valence-corrected chi connectivity index (χ2v) is 4.96.